The van der Waals surface area contributed by atoms with Crippen molar-refractivity contribution >= 4 is 27.5 Å². The Balaban J connectivity index is 1.42. The number of hydrogen-bond donors (Lipinski definition) is 1. The minimum absolute atomic E-state index is 0.0156. The molecule has 1 aliphatic heterocycles. The molecule has 0 aromatic carbocycles. The van der Waals surface area contributed by atoms with Gasteiger partial charge in [-0.25, -0.2) is 4.98 Å². The number of hydrogen-bond acceptors (Lipinski definition) is 5. The van der Waals surface area contributed by atoms with Gasteiger partial charge in [0.1, 0.15) is 4.83 Å². The second kappa shape index (κ2) is 8.09. The van der Waals surface area contributed by atoms with Crippen LogP contribution in [0.3, 0.4) is 0 Å². The van der Waals surface area contributed by atoms with Crippen molar-refractivity contribution < 1.29 is 9.53 Å². The molecule has 152 valence electrons. The Labute approximate surface area is 171 Å². The maximum Gasteiger partial charge on any atom is 0.261 e. The van der Waals surface area contributed by atoms with Crippen LogP contribution in [-0.2, 0) is 17.6 Å². The van der Waals surface area contributed by atoms with E-state index in [0.29, 0.717) is 17.9 Å². The molecule has 1 unspecified atom stereocenters. The van der Waals surface area contributed by atoms with Crippen molar-refractivity contribution in [3.05, 3.63) is 28.3 Å². The van der Waals surface area contributed by atoms with E-state index in [1.807, 2.05) is 6.07 Å². The molecule has 0 radical (unpaired) electrons. The molecule has 4 rings (SSSR count). The first-order valence-electron chi connectivity index (χ1n) is 10.4. The lowest BCUT2D eigenvalue weighted by molar-refractivity contribution is 0.0383. The van der Waals surface area contributed by atoms with Gasteiger partial charge in [0.25, 0.3) is 5.91 Å². The van der Waals surface area contributed by atoms with Gasteiger partial charge < -0.3 is 10.1 Å². The fraction of sp³-hybridized carbons (Fsp3) is 0.636. The number of nitrogens with one attached hydrogen (secondary N) is 1. The van der Waals surface area contributed by atoms with Gasteiger partial charge in [-0.1, -0.05) is 20.8 Å². The number of ether oxygens (including phenoxy) is 1. The molecule has 6 heteroatoms. The minimum atomic E-state index is 0.0156. The summed E-state index contributed by atoms with van der Waals surface area (Å²) in [5, 5.41) is 4.17. The van der Waals surface area contributed by atoms with E-state index in [9.17, 15) is 4.79 Å². The van der Waals surface area contributed by atoms with Crippen LogP contribution >= 0.6 is 11.3 Å². The van der Waals surface area contributed by atoms with Crippen molar-refractivity contribution in [2.45, 2.75) is 40.0 Å². The van der Waals surface area contributed by atoms with E-state index < -0.39 is 0 Å². The standard InChI is InChI=1S/C22H31N3O2S/c1-22(2,3)17-4-5-18-15(13-17)12-16-14-19(28-21(16)24-18)20(26)23-6-7-25-8-10-27-11-9-25/h12,14,17H,4-11,13H2,1-3H3,(H,23,26). The first-order chi connectivity index (χ1) is 13.4. The Hall–Kier alpha value is -1.50. The summed E-state index contributed by atoms with van der Waals surface area (Å²) in [6.45, 7) is 12.0. The number of aryl methyl sites for hydroxylation is 1. The molecular formula is C22H31N3O2S. The third-order valence-corrected chi connectivity index (χ3v) is 7.18. The van der Waals surface area contributed by atoms with Crippen LogP contribution in [0.4, 0.5) is 0 Å². The molecule has 28 heavy (non-hydrogen) atoms. The summed E-state index contributed by atoms with van der Waals surface area (Å²) in [6, 6.07) is 4.29. The van der Waals surface area contributed by atoms with Crippen LogP contribution in [0.1, 0.15) is 48.1 Å². The zero-order valence-corrected chi connectivity index (χ0v) is 18.0. The maximum absolute atomic E-state index is 12.6. The maximum atomic E-state index is 12.6. The van der Waals surface area contributed by atoms with Crippen LogP contribution in [0.2, 0.25) is 0 Å². The number of aromatic nitrogens is 1. The number of thiophene rings is 1. The lowest BCUT2D eigenvalue weighted by Gasteiger charge is -2.34. The number of fused-ring (bicyclic) bond motifs is 2. The van der Waals surface area contributed by atoms with Crippen molar-refractivity contribution in [1.82, 2.24) is 15.2 Å². The highest BCUT2D eigenvalue weighted by Gasteiger charge is 2.29. The van der Waals surface area contributed by atoms with Crippen LogP contribution < -0.4 is 5.32 Å². The molecule has 0 spiro atoms. The summed E-state index contributed by atoms with van der Waals surface area (Å²) in [6.07, 6.45) is 3.35. The van der Waals surface area contributed by atoms with Crippen LogP contribution in [0.5, 0.6) is 0 Å². The summed E-state index contributed by atoms with van der Waals surface area (Å²) in [7, 11) is 0. The number of carbonyl (C=O) groups is 1. The fourth-order valence-corrected chi connectivity index (χ4v) is 5.16. The molecule has 1 saturated heterocycles. The van der Waals surface area contributed by atoms with E-state index in [1.54, 1.807) is 0 Å². The van der Waals surface area contributed by atoms with E-state index in [2.05, 4.69) is 37.1 Å². The fourth-order valence-electron chi connectivity index (χ4n) is 4.21. The molecule has 2 aliphatic rings. The normalized spacial score (nSPS) is 20.9. The highest BCUT2D eigenvalue weighted by atomic mass is 32.1. The lowest BCUT2D eigenvalue weighted by Crippen LogP contribution is -2.41. The molecule has 1 N–H and O–H groups in total. The predicted molar refractivity (Wildman–Crippen MR) is 114 cm³/mol. The highest BCUT2D eigenvalue weighted by molar-refractivity contribution is 7.20. The molecule has 1 fully saturated rings. The molecule has 1 atom stereocenters. The number of nitrogens with zero attached hydrogens (tertiary/aromatic N) is 2. The van der Waals surface area contributed by atoms with Gasteiger partial charge in [0.05, 0.1) is 18.1 Å². The SMILES string of the molecule is CC(C)(C)C1CCc2nc3sc(C(=O)NCCN4CCOCC4)cc3cc2C1. The van der Waals surface area contributed by atoms with E-state index in [1.165, 1.54) is 29.0 Å². The van der Waals surface area contributed by atoms with Crippen molar-refractivity contribution in [1.29, 1.82) is 0 Å². The lowest BCUT2D eigenvalue weighted by atomic mass is 9.71. The van der Waals surface area contributed by atoms with Crippen molar-refractivity contribution in [2.24, 2.45) is 11.3 Å². The van der Waals surface area contributed by atoms with Crippen LogP contribution in [-0.4, -0.2) is 55.2 Å². The zero-order chi connectivity index (χ0) is 19.7. The second-order valence-corrected chi connectivity index (χ2v) is 10.1. The average molecular weight is 402 g/mol. The molecule has 5 nitrogen and oxygen atoms in total. The number of rotatable bonds is 4. The molecule has 0 saturated carbocycles. The Morgan fingerprint density at radius 2 is 2.11 bits per heavy atom. The Kier molecular flexibility index (Phi) is 5.72. The number of amides is 1. The first-order valence-corrected chi connectivity index (χ1v) is 11.2. The third kappa shape index (κ3) is 4.39. The zero-order valence-electron chi connectivity index (χ0n) is 17.2. The van der Waals surface area contributed by atoms with Crippen LogP contribution in [0.25, 0.3) is 10.2 Å². The minimum Gasteiger partial charge on any atom is -0.379 e. The van der Waals surface area contributed by atoms with Crippen molar-refractivity contribution in [3.63, 3.8) is 0 Å². The van der Waals surface area contributed by atoms with E-state index >= 15 is 0 Å². The number of pyridine rings is 1. The van der Waals surface area contributed by atoms with E-state index in [-0.39, 0.29) is 5.91 Å². The smallest absolute Gasteiger partial charge is 0.261 e. The first kappa shape index (κ1) is 19.8. The molecule has 2 aromatic rings. The summed E-state index contributed by atoms with van der Waals surface area (Å²) < 4.78 is 5.36. The van der Waals surface area contributed by atoms with Gasteiger partial charge in [-0.05, 0) is 48.3 Å². The Morgan fingerprint density at radius 1 is 1.32 bits per heavy atom. The topological polar surface area (TPSA) is 54.5 Å². The van der Waals surface area contributed by atoms with Gasteiger partial charge in [0, 0.05) is 37.3 Å². The van der Waals surface area contributed by atoms with Crippen molar-refractivity contribution in [3.8, 4) is 0 Å². The Bertz CT molecular complexity index is 849. The largest absolute Gasteiger partial charge is 0.379 e. The quantitative estimate of drug-likeness (QED) is 0.852. The van der Waals surface area contributed by atoms with Gasteiger partial charge >= 0.3 is 0 Å². The van der Waals surface area contributed by atoms with Crippen molar-refractivity contribution in [2.75, 3.05) is 39.4 Å². The van der Waals surface area contributed by atoms with Gasteiger partial charge in [-0.2, -0.15) is 0 Å². The van der Waals surface area contributed by atoms with E-state index in [4.69, 9.17) is 9.72 Å². The molecule has 3 heterocycles. The average Bonchev–Trinajstić information content (AvgIpc) is 3.08. The van der Waals surface area contributed by atoms with Crippen LogP contribution in [0, 0.1) is 11.3 Å². The monoisotopic (exact) mass is 401 g/mol. The third-order valence-electron chi connectivity index (χ3n) is 6.14. The summed E-state index contributed by atoms with van der Waals surface area (Å²) in [4.78, 5) is 21.6. The number of morpholine rings is 1. The van der Waals surface area contributed by atoms with Gasteiger partial charge in [0.15, 0.2) is 0 Å². The van der Waals surface area contributed by atoms with Crippen LogP contribution in [0.15, 0.2) is 12.1 Å². The molecule has 1 aliphatic carbocycles. The number of carbonyl (C=O) groups excluding carboxylic acids is 1. The molecular weight excluding hydrogens is 370 g/mol. The molecule has 0 bridgehead atoms. The van der Waals surface area contributed by atoms with Gasteiger partial charge in [-0.15, -0.1) is 11.3 Å². The summed E-state index contributed by atoms with van der Waals surface area (Å²) in [5.74, 6) is 0.711. The van der Waals surface area contributed by atoms with E-state index in [0.717, 1.165) is 60.8 Å². The predicted octanol–water partition coefficient (Wildman–Crippen LogP) is 3.51. The molecule has 2 aromatic heterocycles. The molecule has 1 amide bonds. The van der Waals surface area contributed by atoms with Gasteiger partial charge in [-0.3, -0.25) is 9.69 Å². The summed E-state index contributed by atoms with van der Waals surface area (Å²) in [5.41, 5.74) is 2.93. The Morgan fingerprint density at radius 3 is 2.86 bits per heavy atom. The van der Waals surface area contributed by atoms with Gasteiger partial charge in [0.2, 0.25) is 0 Å². The highest BCUT2D eigenvalue weighted by Crippen LogP contribution is 2.38. The summed E-state index contributed by atoms with van der Waals surface area (Å²) >= 11 is 1.51. The second-order valence-electron chi connectivity index (χ2n) is 9.11.